The molecule has 7 nitrogen and oxygen atoms in total. The molecule has 2 heterocycles. The van der Waals surface area contributed by atoms with Crippen LogP contribution in [0.25, 0.3) is 11.1 Å². The molecule has 0 bridgehead atoms. The van der Waals surface area contributed by atoms with E-state index in [1.165, 1.54) is 39.1 Å². The van der Waals surface area contributed by atoms with Gasteiger partial charge in [0.05, 0.1) is 11.7 Å². The highest BCUT2D eigenvalue weighted by Crippen LogP contribution is 2.31. The molecular weight excluding hydrogens is 466 g/mol. The number of benzene rings is 2. The third-order valence-electron chi connectivity index (χ3n) is 5.47. The van der Waals surface area contributed by atoms with Crippen LogP contribution in [0.2, 0.25) is 0 Å². The first-order valence-electron chi connectivity index (χ1n) is 11.2. The Kier molecular flexibility index (Phi) is 6.82. The van der Waals surface area contributed by atoms with Crippen LogP contribution in [0.15, 0.2) is 42.6 Å². The molecule has 3 N–H and O–H groups in total. The van der Waals surface area contributed by atoms with E-state index in [2.05, 4.69) is 32.4 Å². The fourth-order valence-electron chi connectivity index (χ4n) is 3.96. The smallest absolute Gasteiger partial charge is 0.251 e. The monoisotopic (exact) mass is 490 g/mol. The Bertz CT molecular complexity index is 1400. The maximum absolute atomic E-state index is 13.9. The molecule has 0 radical (unpaired) electrons. The van der Waals surface area contributed by atoms with E-state index < -0.39 is 23.3 Å². The maximum Gasteiger partial charge on any atom is 0.251 e. The van der Waals surface area contributed by atoms with Gasteiger partial charge in [-0.3, -0.25) is 9.59 Å². The number of fused-ring (bicyclic) bond motifs is 1. The first-order valence-corrected chi connectivity index (χ1v) is 11.2. The summed E-state index contributed by atoms with van der Waals surface area (Å²) >= 11 is 0. The molecule has 0 saturated carbocycles. The molecule has 1 aromatic heterocycles. The van der Waals surface area contributed by atoms with Crippen LogP contribution in [-0.4, -0.2) is 32.5 Å². The van der Waals surface area contributed by atoms with E-state index >= 15 is 0 Å². The van der Waals surface area contributed by atoms with Crippen molar-refractivity contribution >= 4 is 11.8 Å². The minimum atomic E-state index is -1.29. The summed E-state index contributed by atoms with van der Waals surface area (Å²) in [6.45, 7) is 4.80. The van der Waals surface area contributed by atoms with E-state index in [9.17, 15) is 23.5 Å². The third-order valence-corrected chi connectivity index (χ3v) is 5.47. The Morgan fingerprint density at radius 2 is 1.92 bits per heavy atom. The van der Waals surface area contributed by atoms with Crippen LogP contribution in [0, 0.1) is 23.5 Å². The molecule has 3 aromatic rings. The second-order valence-corrected chi connectivity index (χ2v) is 9.09. The molecule has 0 saturated heterocycles. The van der Waals surface area contributed by atoms with E-state index in [0.29, 0.717) is 34.5 Å². The molecule has 36 heavy (non-hydrogen) atoms. The summed E-state index contributed by atoms with van der Waals surface area (Å²) in [6, 6.07) is 7.70. The van der Waals surface area contributed by atoms with Crippen LogP contribution in [0.1, 0.15) is 59.8 Å². The number of hydrogen-bond acceptors (Lipinski definition) is 5. The van der Waals surface area contributed by atoms with Gasteiger partial charge < -0.3 is 15.7 Å². The highest BCUT2D eigenvalue weighted by Gasteiger charge is 2.24. The Balaban J connectivity index is 1.86. The highest BCUT2D eigenvalue weighted by atomic mass is 19.1. The number of aliphatic hydroxyl groups is 1. The van der Waals surface area contributed by atoms with Gasteiger partial charge in [0.1, 0.15) is 17.2 Å². The topological polar surface area (TPSA) is 104 Å². The molecule has 1 aliphatic rings. The molecule has 1 atom stereocenters. The SMILES string of the molecule is CC(=O)N[C@@H](Cc1cc(F)cc(F)c1)c1nc(C#CC(C)(C)O)ncc1-c1ccc2c(c1)C(=O)NC2. The first kappa shape index (κ1) is 24.9. The average Bonchev–Trinajstić information content (AvgIpc) is 3.16. The summed E-state index contributed by atoms with van der Waals surface area (Å²) in [7, 11) is 0. The van der Waals surface area contributed by atoms with Crippen LogP contribution in [0.4, 0.5) is 8.78 Å². The van der Waals surface area contributed by atoms with E-state index in [-0.39, 0.29) is 24.1 Å². The van der Waals surface area contributed by atoms with Gasteiger partial charge in [-0.05, 0) is 61.1 Å². The van der Waals surface area contributed by atoms with Crippen molar-refractivity contribution in [1.82, 2.24) is 20.6 Å². The fraction of sp³-hybridized carbons (Fsp3) is 0.259. The van der Waals surface area contributed by atoms with Crippen molar-refractivity contribution in [3.05, 3.63) is 82.4 Å². The Morgan fingerprint density at radius 1 is 1.19 bits per heavy atom. The third kappa shape index (κ3) is 5.90. The summed E-state index contributed by atoms with van der Waals surface area (Å²) in [4.78, 5) is 33.2. The summed E-state index contributed by atoms with van der Waals surface area (Å²) in [5, 5.41) is 15.5. The zero-order valence-corrected chi connectivity index (χ0v) is 19.9. The van der Waals surface area contributed by atoms with Gasteiger partial charge in [0.25, 0.3) is 5.91 Å². The van der Waals surface area contributed by atoms with Crippen molar-refractivity contribution in [2.45, 2.75) is 45.4 Å². The zero-order chi connectivity index (χ0) is 26.0. The largest absolute Gasteiger partial charge is 0.378 e. The number of nitrogens with one attached hydrogen (secondary N) is 2. The summed E-state index contributed by atoms with van der Waals surface area (Å²) < 4.78 is 27.8. The molecule has 0 unspecified atom stereocenters. The molecule has 2 aromatic carbocycles. The van der Waals surface area contributed by atoms with Crippen molar-refractivity contribution in [2.75, 3.05) is 0 Å². The maximum atomic E-state index is 13.9. The Labute approximate surface area is 207 Å². The van der Waals surface area contributed by atoms with Crippen LogP contribution in [-0.2, 0) is 17.8 Å². The predicted octanol–water partition coefficient (Wildman–Crippen LogP) is 3.21. The lowest BCUT2D eigenvalue weighted by Gasteiger charge is -2.21. The second kappa shape index (κ2) is 9.84. The van der Waals surface area contributed by atoms with Crippen molar-refractivity contribution in [3.63, 3.8) is 0 Å². The quantitative estimate of drug-likeness (QED) is 0.477. The molecule has 0 spiro atoms. The predicted molar refractivity (Wildman–Crippen MR) is 128 cm³/mol. The van der Waals surface area contributed by atoms with Crippen LogP contribution in [0.5, 0.6) is 0 Å². The Morgan fingerprint density at radius 3 is 2.58 bits per heavy atom. The minimum absolute atomic E-state index is 0.0298. The van der Waals surface area contributed by atoms with Gasteiger partial charge in [0.15, 0.2) is 0 Å². The van der Waals surface area contributed by atoms with E-state index in [0.717, 1.165) is 11.6 Å². The fourth-order valence-corrected chi connectivity index (χ4v) is 3.96. The highest BCUT2D eigenvalue weighted by molar-refractivity contribution is 5.99. The molecular formula is C27H24F2N4O3. The number of nitrogens with zero attached hydrogens (tertiary/aromatic N) is 2. The molecule has 0 aliphatic carbocycles. The zero-order valence-electron chi connectivity index (χ0n) is 19.9. The van der Waals surface area contributed by atoms with Gasteiger partial charge >= 0.3 is 0 Å². The van der Waals surface area contributed by atoms with Gasteiger partial charge in [0.2, 0.25) is 11.7 Å². The Hall–Kier alpha value is -4.16. The minimum Gasteiger partial charge on any atom is -0.378 e. The molecule has 4 rings (SSSR count). The average molecular weight is 491 g/mol. The number of amides is 2. The molecule has 1 aliphatic heterocycles. The van der Waals surface area contributed by atoms with Crippen molar-refractivity contribution in [2.24, 2.45) is 0 Å². The van der Waals surface area contributed by atoms with Crippen LogP contribution in [0.3, 0.4) is 0 Å². The second-order valence-electron chi connectivity index (χ2n) is 9.09. The molecule has 184 valence electrons. The van der Waals surface area contributed by atoms with Gasteiger partial charge in [-0.15, -0.1) is 0 Å². The van der Waals surface area contributed by atoms with Crippen molar-refractivity contribution in [1.29, 1.82) is 0 Å². The number of halogens is 2. The van der Waals surface area contributed by atoms with Crippen LogP contribution < -0.4 is 10.6 Å². The summed E-state index contributed by atoms with van der Waals surface area (Å²) in [5.41, 5.74) is 1.90. The lowest BCUT2D eigenvalue weighted by molar-refractivity contribution is -0.119. The first-order chi connectivity index (χ1) is 17.0. The number of carbonyl (C=O) groups excluding carboxylic acids is 2. The van der Waals surface area contributed by atoms with Gasteiger partial charge in [-0.25, -0.2) is 18.7 Å². The standard InChI is InChI=1S/C27H24F2N4O3/c1-15(34)32-23(10-16-8-19(28)12-20(29)9-16)25-22(14-30-24(33-25)6-7-27(2,3)36)17-4-5-18-13-31-26(35)21(18)11-17/h4-5,8-9,11-12,14,23,36H,10,13H2,1-3H3,(H,31,35)(H,32,34)/t23-/m0/s1. The van der Waals surface area contributed by atoms with Crippen molar-refractivity contribution < 1.29 is 23.5 Å². The van der Waals surface area contributed by atoms with E-state index in [1.54, 1.807) is 6.07 Å². The van der Waals surface area contributed by atoms with E-state index in [1.807, 2.05) is 12.1 Å². The summed E-state index contributed by atoms with van der Waals surface area (Å²) in [5.74, 6) is 3.41. The number of hydrogen-bond donors (Lipinski definition) is 3. The van der Waals surface area contributed by atoms with Gasteiger partial charge in [-0.2, -0.15) is 0 Å². The van der Waals surface area contributed by atoms with Gasteiger partial charge in [-0.1, -0.05) is 18.1 Å². The number of aromatic nitrogens is 2. The summed E-state index contributed by atoms with van der Waals surface area (Å²) in [6.07, 6.45) is 1.55. The van der Waals surface area contributed by atoms with Gasteiger partial charge in [0, 0.05) is 36.9 Å². The molecule has 2 amide bonds. The number of carbonyl (C=O) groups is 2. The molecule has 9 heteroatoms. The van der Waals surface area contributed by atoms with Crippen LogP contribution >= 0.6 is 0 Å². The lowest BCUT2D eigenvalue weighted by atomic mass is 9.94. The van der Waals surface area contributed by atoms with Crippen molar-refractivity contribution in [3.8, 4) is 23.0 Å². The normalized spacial score (nSPS) is 13.3. The molecule has 0 fully saturated rings. The lowest BCUT2D eigenvalue weighted by Crippen LogP contribution is -2.29. The van der Waals surface area contributed by atoms with E-state index in [4.69, 9.17) is 0 Å². The number of rotatable bonds is 5.